The highest BCUT2D eigenvalue weighted by atomic mass is 35.5. The molecule has 1 atom stereocenters. The second kappa shape index (κ2) is 8.76. The van der Waals surface area contributed by atoms with Gasteiger partial charge in [0.05, 0.1) is 23.0 Å². The van der Waals surface area contributed by atoms with E-state index in [0.717, 1.165) is 17.0 Å². The van der Waals surface area contributed by atoms with Crippen LogP contribution in [0.15, 0.2) is 63.7 Å². The lowest BCUT2D eigenvalue weighted by Crippen LogP contribution is -2.38. The number of carbonyl (C=O) groups is 1. The molecule has 4 rings (SSSR count). The number of para-hydroxylation sites is 2. The van der Waals surface area contributed by atoms with Crippen LogP contribution < -0.4 is 5.32 Å². The Balaban J connectivity index is 1.64. The fraction of sp³-hybridized carbons (Fsp3) is 0.200. The molecule has 8 nitrogen and oxygen atoms in total. The number of rotatable bonds is 4. The van der Waals surface area contributed by atoms with Crippen molar-refractivity contribution in [2.24, 2.45) is 17.0 Å². The van der Waals surface area contributed by atoms with Gasteiger partial charge in [0.25, 0.3) is 0 Å². The van der Waals surface area contributed by atoms with Crippen LogP contribution in [0, 0.1) is 0 Å². The minimum absolute atomic E-state index is 0.151. The zero-order chi connectivity index (χ0) is 21.1. The summed E-state index contributed by atoms with van der Waals surface area (Å²) in [6.07, 6.45) is 0. The van der Waals surface area contributed by atoms with Gasteiger partial charge in [0, 0.05) is 17.8 Å². The SMILES string of the molecule is CC1=Nc2ccccc2N=C(NC(=O)CSc2nnnn2C)[C@@H]1c1ccc(Cl)cc1. The molecule has 0 saturated carbocycles. The molecule has 0 radical (unpaired) electrons. The normalized spacial score (nSPS) is 15.6. The van der Waals surface area contributed by atoms with Gasteiger partial charge in [-0.2, -0.15) is 0 Å². The van der Waals surface area contributed by atoms with E-state index in [-0.39, 0.29) is 17.6 Å². The number of nitrogens with zero attached hydrogens (tertiary/aromatic N) is 6. The number of aliphatic imine (C=N–C) groups is 2. The highest BCUT2D eigenvalue weighted by Crippen LogP contribution is 2.34. The maximum absolute atomic E-state index is 12.7. The first-order valence-corrected chi connectivity index (χ1v) is 10.5. The number of amidine groups is 1. The molecular weight excluding hydrogens is 422 g/mol. The highest BCUT2D eigenvalue weighted by molar-refractivity contribution is 7.99. The van der Waals surface area contributed by atoms with Crippen molar-refractivity contribution in [3.05, 3.63) is 59.1 Å². The Bertz CT molecular complexity index is 1140. The average Bonchev–Trinajstić information content (AvgIpc) is 3.08. The lowest BCUT2D eigenvalue weighted by Gasteiger charge is -2.19. The van der Waals surface area contributed by atoms with Crippen molar-refractivity contribution in [1.82, 2.24) is 25.5 Å². The number of carbonyl (C=O) groups excluding carboxylic acids is 1. The molecule has 30 heavy (non-hydrogen) atoms. The molecule has 2 aromatic carbocycles. The fourth-order valence-corrected chi connectivity index (χ4v) is 3.88. The summed E-state index contributed by atoms with van der Waals surface area (Å²) in [6.45, 7) is 1.93. The second-order valence-electron chi connectivity index (χ2n) is 6.65. The van der Waals surface area contributed by atoms with Crippen molar-refractivity contribution in [2.75, 3.05) is 5.75 Å². The van der Waals surface area contributed by atoms with E-state index in [4.69, 9.17) is 21.6 Å². The number of benzene rings is 2. The molecule has 1 amide bonds. The van der Waals surface area contributed by atoms with E-state index in [1.54, 1.807) is 7.05 Å². The summed E-state index contributed by atoms with van der Waals surface area (Å²) in [5.74, 6) is 0.163. The predicted octanol–water partition coefficient (Wildman–Crippen LogP) is 3.69. The van der Waals surface area contributed by atoms with E-state index >= 15 is 0 Å². The summed E-state index contributed by atoms with van der Waals surface area (Å²) in [5, 5.41) is 15.4. The van der Waals surface area contributed by atoms with Gasteiger partial charge < -0.3 is 5.32 Å². The van der Waals surface area contributed by atoms with Crippen molar-refractivity contribution < 1.29 is 4.79 Å². The van der Waals surface area contributed by atoms with Crippen LogP contribution in [0.5, 0.6) is 0 Å². The number of hydrogen-bond donors (Lipinski definition) is 1. The van der Waals surface area contributed by atoms with Crippen LogP contribution >= 0.6 is 23.4 Å². The lowest BCUT2D eigenvalue weighted by atomic mass is 9.93. The first-order chi connectivity index (χ1) is 14.5. The molecule has 1 aromatic heterocycles. The zero-order valence-electron chi connectivity index (χ0n) is 16.3. The molecule has 0 bridgehead atoms. The summed E-state index contributed by atoms with van der Waals surface area (Å²) >= 11 is 7.32. The molecule has 152 valence electrons. The maximum Gasteiger partial charge on any atom is 0.235 e. The number of halogens is 1. The number of thioether (sulfide) groups is 1. The van der Waals surface area contributed by atoms with E-state index in [9.17, 15) is 4.79 Å². The highest BCUT2D eigenvalue weighted by Gasteiger charge is 2.26. The lowest BCUT2D eigenvalue weighted by molar-refractivity contribution is -0.117. The van der Waals surface area contributed by atoms with Gasteiger partial charge in [-0.1, -0.05) is 47.6 Å². The number of aryl methyl sites for hydroxylation is 1. The van der Waals surface area contributed by atoms with Gasteiger partial charge in [0.2, 0.25) is 11.1 Å². The largest absolute Gasteiger partial charge is 0.313 e. The van der Waals surface area contributed by atoms with E-state index < -0.39 is 0 Å². The van der Waals surface area contributed by atoms with Gasteiger partial charge in [0.1, 0.15) is 5.84 Å². The molecule has 3 aromatic rings. The summed E-state index contributed by atoms with van der Waals surface area (Å²) in [7, 11) is 1.73. The van der Waals surface area contributed by atoms with Crippen molar-refractivity contribution in [2.45, 2.75) is 18.0 Å². The molecular formula is C20H18ClN7OS. The molecule has 0 fully saturated rings. The number of amides is 1. The van der Waals surface area contributed by atoms with E-state index in [0.29, 0.717) is 21.7 Å². The Morgan fingerprint density at radius 3 is 2.50 bits per heavy atom. The van der Waals surface area contributed by atoms with Crippen LogP contribution in [0.25, 0.3) is 0 Å². The Kier molecular flexibility index (Phi) is 5.91. The number of hydrogen-bond acceptors (Lipinski definition) is 7. The van der Waals surface area contributed by atoms with Gasteiger partial charge >= 0.3 is 0 Å². The molecule has 0 aliphatic carbocycles. The van der Waals surface area contributed by atoms with Crippen LogP contribution in [-0.2, 0) is 11.8 Å². The van der Waals surface area contributed by atoms with E-state index in [1.807, 2.05) is 55.5 Å². The van der Waals surface area contributed by atoms with Crippen molar-refractivity contribution in [3.8, 4) is 0 Å². The summed E-state index contributed by atoms with van der Waals surface area (Å²) in [4.78, 5) is 22.2. The molecule has 10 heteroatoms. The number of nitrogens with one attached hydrogen (secondary N) is 1. The first kappa shape index (κ1) is 20.2. The molecule has 0 spiro atoms. The van der Waals surface area contributed by atoms with Crippen molar-refractivity contribution >= 4 is 52.2 Å². The average molecular weight is 440 g/mol. The minimum atomic E-state index is -0.305. The van der Waals surface area contributed by atoms with Gasteiger partial charge in [-0.25, -0.2) is 9.67 Å². The molecule has 0 saturated heterocycles. The monoisotopic (exact) mass is 439 g/mol. The zero-order valence-corrected chi connectivity index (χ0v) is 17.9. The van der Waals surface area contributed by atoms with Gasteiger partial charge in [-0.3, -0.25) is 9.79 Å². The number of tetrazole rings is 1. The minimum Gasteiger partial charge on any atom is -0.313 e. The molecule has 1 aliphatic heterocycles. The third kappa shape index (κ3) is 4.42. The van der Waals surface area contributed by atoms with Crippen LogP contribution in [0.3, 0.4) is 0 Å². The van der Waals surface area contributed by atoms with Crippen LogP contribution in [0.1, 0.15) is 18.4 Å². The summed E-state index contributed by atoms with van der Waals surface area (Å²) in [5.41, 5.74) is 3.23. The quantitative estimate of drug-likeness (QED) is 0.625. The van der Waals surface area contributed by atoms with Crippen molar-refractivity contribution in [1.29, 1.82) is 0 Å². The summed E-state index contributed by atoms with van der Waals surface area (Å²) in [6, 6.07) is 15.1. The van der Waals surface area contributed by atoms with Crippen LogP contribution in [-0.4, -0.2) is 43.4 Å². The van der Waals surface area contributed by atoms with Crippen LogP contribution in [0.4, 0.5) is 11.4 Å². The molecule has 1 aliphatic rings. The Morgan fingerprint density at radius 2 is 1.83 bits per heavy atom. The molecule has 0 unspecified atom stereocenters. The van der Waals surface area contributed by atoms with E-state index in [2.05, 4.69) is 20.8 Å². The maximum atomic E-state index is 12.7. The summed E-state index contributed by atoms with van der Waals surface area (Å²) < 4.78 is 1.52. The smallest absolute Gasteiger partial charge is 0.235 e. The first-order valence-electron chi connectivity index (χ1n) is 9.14. The van der Waals surface area contributed by atoms with Gasteiger partial charge in [-0.15, -0.1) is 5.10 Å². The van der Waals surface area contributed by atoms with Gasteiger partial charge in [-0.05, 0) is 47.2 Å². The second-order valence-corrected chi connectivity index (χ2v) is 8.02. The van der Waals surface area contributed by atoms with Crippen molar-refractivity contribution in [3.63, 3.8) is 0 Å². The number of fused-ring (bicyclic) bond motifs is 1. The topological polar surface area (TPSA) is 97.4 Å². The molecule has 1 N–H and O–H groups in total. The Hall–Kier alpha value is -3.04. The third-order valence-electron chi connectivity index (χ3n) is 4.50. The van der Waals surface area contributed by atoms with E-state index in [1.165, 1.54) is 16.4 Å². The van der Waals surface area contributed by atoms with Gasteiger partial charge in [0.15, 0.2) is 0 Å². The third-order valence-corrected chi connectivity index (χ3v) is 5.76. The Labute approximate surface area is 182 Å². The standard InChI is InChI=1S/C20H18ClN7OS/c1-12-18(13-7-9-14(21)10-8-13)19(23-16-6-4-3-5-15(16)22-12)24-17(29)11-30-20-25-26-27-28(20)2/h3-10,18H,11H2,1-2H3,(H,23,24,29)/t18-/m0/s1. The Morgan fingerprint density at radius 1 is 1.13 bits per heavy atom. The predicted molar refractivity (Wildman–Crippen MR) is 118 cm³/mol. The molecule has 2 heterocycles. The number of aromatic nitrogens is 4. The van der Waals surface area contributed by atoms with Crippen LogP contribution in [0.2, 0.25) is 5.02 Å². The fourth-order valence-electron chi connectivity index (χ4n) is 3.11.